The van der Waals surface area contributed by atoms with Gasteiger partial charge < -0.3 is 9.67 Å². The number of nitrogens with zero attached hydrogens (tertiary/aromatic N) is 2. The Labute approximate surface area is 112 Å². The summed E-state index contributed by atoms with van der Waals surface area (Å²) in [7, 11) is 0. The molecule has 18 heavy (non-hydrogen) atoms. The SMILES string of the molecule is CCn1ccnc1C(O)(CCCl)c1ccccc1. The van der Waals surface area contributed by atoms with Crippen molar-refractivity contribution in [1.82, 2.24) is 9.55 Å². The molecule has 96 valence electrons. The van der Waals surface area contributed by atoms with Crippen molar-refractivity contribution in [3.8, 4) is 0 Å². The van der Waals surface area contributed by atoms with Crippen LogP contribution in [0.2, 0.25) is 0 Å². The van der Waals surface area contributed by atoms with Crippen molar-refractivity contribution >= 4 is 11.6 Å². The summed E-state index contributed by atoms with van der Waals surface area (Å²) in [5, 5.41) is 11.0. The van der Waals surface area contributed by atoms with E-state index in [2.05, 4.69) is 4.98 Å². The number of aryl methyl sites for hydroxylation is 1. The Morgan fingerprint density at radius 1 is 1.33 bits per heavy atom. The first kappa shape index (κ1) is 13.1. The first-order valence-electron chi connectivity index (χ1n) is 6.08. The van der Waals surface area contributed by atoms with Gasteiger partial charge in [-0.3, -0.25) is 0 Å². The Hall–Kier alpha value is -1.32. The van der Waals surface area contributed by atoms with Gasteiger partial charge in [-0.1, -0.05) is 30.3 Å². The summed E-state index contributed by atoms with van der Waals surface area (Å²) in [5.41, 5.74) is -0.297. The summed E-state index contributed by atoms with van der Waals surface area (Å²) >= 11 is 5.85. The second-order valence-corrected chi connectivity index (χ2v) is 4.58. The minimum atomic E-state index is -1.12. The molecule has 1 unspecified atom stereocenters. The number of aromatic nitrogens is 2. The predicted molar refractivity (Wildman–Crippen MR) is 72.7 cm³/mol. The van der Waals surface area contributed by atoms with Gasteiger partial charge in [0.1, 0.15) is 11.4 Å². The van der Waals surface area contributed by atoms with E-state index in [0.29, 0.717) is 18.1 Å². The zero-order valence-corrected chi connectivity index (χ0v) is 11.1. The van der Waals surface area contributed by atoms with Gasteiger partial charge in [0.05, 0.1) is 0 Å². The quantitative estimate of drug-likeness (QED) is 0.844. The van der Waals surface area contributed by atoms with E-state index >= 15 is 0 Å². The first-order valence-corrected chi connectivity index (χ1v) is 6.61. The van der Waals surface area contributed by atoms with Crippen molar-refractivity contribution in [2.75, 3.05) is 5.88 Å². The Morgan fingerprint density at radius 3 is 2.67 bits per heavy atom. The molecule has 0 amide bonds. The van der Waals surface area contributed by atoms with Gasteiger partial charge in [-0.15, -0.1) is 11.6 Å². The normalized spacial score (nSPS) is 14.4. The lowest BCUT2D eigenvalue weighted by Crippen LogP contribution is -2.31. The average Bonchev–Trinajstić information content (AvgIpc) is 2.89. The van der Waals surface area contributed by atoms with E-state index in [9.17, 15) is 5.11 Å². The number of hydrogen-bond acceptors (Lipinski definition) is 2. The van der Waals surface area contributed by atoms with E-state index in [1.165, 1.54) is 0 Å². The lowest BCUT2D eigenvalue weighted by Gasteiger charge is -2.28. The molecule has 0 bridgehead atoms. The summed E-state index contributed by atoms with van der Waals surface area (Å²) in [5.74, 6) is 1.03. The third-order valence-corrected chi connectivity index (χ3v) is 3.32. The van der Waals surface area contributed by atoms with Gasteiger partial charge in [0.15, 0.2) is 0 Å². The van der Waals surface area contributed by atoms with Gasteiger partial charge in [0.2, 0.25) is 0 Å². The third-order valence-electron chi connectivity index (χ3n) is 3.13. The zero-order valence-electron chi connectivity index (χ0n) is 10.4. The first-order chi connectivity index (χ1) is 8.72. The molecule has 2 rings (SSSR count). The molecule has 4 heteroatoms. The Balaban J connectivity index is 2.51. The maximum Gasteiger partial charge on any atom is 0.148 e. The molecule has 0 aliphatic rings. The lowest BCUT2D eigenvalue weighted by atomic mass is 9.90. The Morgan fingerprint density at radius 2 is 2.06 bits per heavy atom. The molecule has 0 aliphatic heterocycles. The van der Waals surface area contributed by atoms with Crippen molar-refractivity contribution < 1.29 is 5.11 Å². The molecule has 0 saturated carbocycles. The highest BCUT2D eigenvalue weighted by molar-refractivity contribution is 6.17. The largest absolute Gasteiger partial charge is 0.377 e. The van der Waals surface area contributed by atoms with Gasteiger partial charge in [0, 0.05) is 31.2 Å². The van der Waals surface area contributed by atoms with Crippen LogP contribution >= 0.6 is 11.6 Å². The molecule has 3 nitrogen and oxygen atoms in total. The van der Waals surface area contributed by atoms with Crippen LogP contribution in [-0.4, -0.2) is 20.5 Å². The maximum atomic E-state index is 11.0. The Kier molecular flexibility index (Phi) is 4.04. The number of rotatable bonds is 5. The van der Waals surface area contributed by atoms with Gasteiger partial charge in [-0.25, -0.2) is 4.98 Å². The van der Waals surface area contributed by atoms with Crippen LogP contribution in [0.4, 0.5) is 0 Å². The molecule has 1 atom stereocenters. The highest BCUT2D eigenvalue weighted by atomic mass is 35.5. The molecule has 0 spiro atoms. The smallest absolute Gasteiger partial charge is 0.148 e. The van der Waals surface area contributed by atoms with Crippen molar-refractivity contribution in [3.05, 3.63) is 54.1 Å². The van der Waals surface area contributed by atoms with E-state index < -0.39 is 5.60 Å². The van der Waals surface area contributed by atoms with Crippen molar-refractivity contribution in [3.63, 3.8) is 0 Å². The predicted octanol–water partition coefficient (Wildman–Crippen LogP) is 2.77. The van der Waals surface area contributed by atoms with Crippen LogP contribution in [0.25, 0.3) is 0 Å². The van der Waals surface area contributed by atoms with Gasteiger partial charge >= 0.3 is 0 Å². The number of aliphatic hydroxyl groups is 1. The lowest BCUT2D eigenvalue weighted by molar-refractivity contribution is 0.0641. The topological polar surface area (TPSA) is 38.0 Å². The highest BCUT2D eigenvalue weighted by Gasteiger charge is 2.34. The van der Waals surface area contributed by atoms with Crippen LogP contribution in [0.3, 0.4) is 0 Å². The van der Waals surface area contributed by atoms with Crippen LogP contribution in [0, 0.1) is 0 Å². The second kappa shape index (κ2) is 5.55. The Bertz CT molecular complexity index is 498. The van der Waals surface area contributed by atoms with Crippen LogP contribution in [0.1, 0.15) is 24.7 Å². The second-order valence-electron chi connectivity index (χ2n) is 4.20. The summed E-state index contributed by atoms with van der Waals surface area (Å²) in [4.78, 5) is 4.31. The molecule has 1 aromatic carbocycles. The fourth-order valence-corrected chi connectivity index (χ4v) is 2.44. The number of imidazole rings is 1. The minimum Gasteiger partial charge on any atom is -0.377 e. The maximum absolute atomic E-state index is 11.0. The third kappa shape index (κ3) is 2.28. The summed E-state index contributed by atoms with van der Waals surface area (Å²) in [6.45, 7) is 2.80. The number of benzene rings is 1. The number of halogens is 1. The summed E-state index contributed by atoms with van der Waals surface area (Å²) < 4.78 is 1.94. The molecule has 1 N–H and O–H groups in total. The summed E-state index contributed by atoms with van der Waals surface area (Å²) in [6, 6.07) is 9.56. The minimum absolute atomic E-state index is 0.377. The van der Waals surface area contributed by atoms with Crippen molar-refractivity contribution in [2.24, 2.45) is 0 Å². The standard InChI is InChI=1S/C14H17ClN2O/c1-2-17-11-10-16-13(17)14(18,8-9-15)12-6-4-3-5-7-12/h3-7,10-11,18H,2,8-9H2,1H3. The van der Waals surface area contributed by atoms with Gasteiger partial charge in [0.25, 0.3) is 0 Å². The van der Waals surface area contributed by atoms with Crippen LogP contribution < -0.4 is 0 Å². The number of hydrogen-bond donors (Lipinski definition) is 1. The van der Waals surface area contributed by atoms with Gasteiger partial charge in [-0.2, -0.15) is 0 Å². The number of alkyl halides is 1. The fraction of sp³-hybridized carbons (Fsp3) is 0.357. The van der Waals surface area contributed by atoms with E-state index in [4.69, 9.17) is 11.6 Å². The van der Waals surface area contributed by atoms with Crippen molar-refractivity contribution in [2.45, 2.75) is 25.5 Å². The molecule has 0 aliphatic carbocycles. The summed E-state index contributed by atoms with van der Waals surface area (Å²) in [6.07, 6.45) is 4.02. The molecular weight excluding hydrogens is 248 g/mol. The average molecular weight is 265 g/mol. The van der Waals surface area contributed by atoms with E-state index in [-0.39, 0.29) is 0 Å². The van der Waals surface area contributed by atoms with Crippen LogP contribution in [0.5, 0.6) is 0 Å². The van der Waals surface area contributed by atoms with E-state index in [1.807, 2.05) is 48.0 Å². The van der Waals surface area contributed by atoms with E-state index in [0.717, 1.165) is 12.1 Å². The molecule has 2 aromatic rings. The highest BCUT2D eigenvalue weighted by Crippen LogP contribution is 2.32. The van der Waals surface area contributed by atoms with Crippen molar-refractivity contribution in [1.29, 1.82) is 0 Å². The van der Waals surface area contributed by atoms with Crippen LogP contribution in [0.15, 0.2) is 42.7 Å². The fourth-order valence-electron chi connectivity index (χ4n) is 2.16. The molecule has 1 heterocycles. The monoisotopic (exact) mass is 264 g/mol. The molecule has 0 fully saturated rings. The molecule has 0 radical (unpaired) electrons. The van der Waals surface area contributed by atoms with E-state index in [1.54, 1.807) is 6.20 Å². The molecule has 0 saturated heterocycles. The van der Waals surface area contributed by atoms with Gasteiger partial charge in [-0.05, 0) is 12.5 Å². The molecular formula is C14H17ClN2O. The zero-order chi connectivity index (χ0) is 13.0. The molecule has 1 aromatic heterocycles. The van der Waals surface area contributed by atoms with Crippen LogP contribution in [-0.2, 0) is 12.1 Å².